The summed E-state index contributed by atoms with van der Waals surface area (Å²) in [6.45, 7) is 1.62. The lowest BCUT2D eigenvalue weighted by Gasteiger charge is -2.22. The summed E-state index contributed by atoms with van der Waals surface area (Å²) in [5.74, 6) is -2.25. The summed E-state index contributed by atoms with van der Waals surface area (Å²) in [6.07, 6.45) is -4.76. The largest absolute Gasteiger partial charge is 0.496 e. The number of carboxylic acid groups (broad SMARTS) is 1. The van der Waals surface area contributed by atoms with E-state index in [0.717, 1.165) is 0 Å². The molecule has 0 amide bonds. The number of rotatable bonds is 7. The third-order valence-corrected chi connectivity index (χ3v) is 8.79. The zero-order valence-corrected chi connectivity index (χ0v) is 18.8. The Balaban J connectivity index is 1.65. The van der Waals surface area contributed by atoms with Crippen LogP contribution in [0.15, 0.2) is 51.2 Å². The number of carboxylic acids is 1. The SMILES string of the molecule is COc1ccccc1[C@]1(C)C[C@]1(NS(=O)(=O)c1ccc(-c2cc(C(F)(F)F)on2)s1)C(=O)O. The van der Waals surface area contributed by atoms with Gasteiger partial charge in [0.05, 0.1) is 12.0 Å². The number of methoxy groups -OCH3 is 1. The lowest BCUT2D eigenvalue weighted by Crippen LogP contribution is -2.48. The molecule has 0 aliphatic heterocycles. The molecule has 0 saturated heterocycles. The highest BCUT2D eigenvalue weighted by molar-refractivity contribution is 7.91. The van der Waals surface area contributed by atoms with Crippen molar-refractivity contribution in [3.8, 4) is 16.3 Å². The molecule has 176 valence electrons. The van der Waals surface area contributed by atoms with Crippen LogP contribution in [0.2, 0.25) is 0 Å². The maximum Gasteiger partial charge on any atom is 0.452 e. The Kier molecular flexibility index (Phi) is 5.34. The van der Waals surface area contributed by atoms with Crippen LogP contribution in [0.4, 0.5) is 13.2 Å². The van der Waals surface area contributed by atoms with E-state index in [1.165, 1.54) is 19.2 Å². The molecule has 1 saturated carbocycles. The van der Waals surface area contributed by atoms with E-state index in [9.17, 15) is 31.5 Å². The minimum Gasteiger partial charge on any atom is -0.496 e. The Morgan fingerprint density at radius 2 is 1.97 bits per heavy atom. The quantitative estimate of drug-likeness (QED) is 0.503. The predicted molar refractivity (Wildman–Crippen MR) is 110 cm³/mol. The molecular formula is C20H17F3N2O6S2. The number of nitrogens with zero attached hydrogens (tertiary/aromatic N) is 1. The molecule has 4 rings (SSSR count). The van der Waals surface area contributed by atoms with Gasteiger partial charge in [-0.15, -0.1) is 11.3 Å². The van der Waals surface area contributed by atoms with Crippen molar-refractivity contribution in [1.29, 1.82) is 0 Å². The fraction of sp³-hybridized carbons (Fsp3) is 0.300. The number of aliphatic carboxylic acids is 1. The number of halogens is 3. The van der Waals surface area contributed by atoms with Gasteiger partial charge in [0.2, 0.25) is 5.76 Å². The molecule has 13 heteroatoms. The Morgan fingerprint density at radius 1 is 1.27 bits per heavy atom. The van der Waals surface area contributed by atoms with Crippen LogP contribution >= 0.6 is 11.3 Å². The van der Waals surface area contributed by atoms with Gasteiger partial charge in [-0.05, 0) is 24.6 Å². The number of hydrogen-bond acceptors (Lipinski definition) is 7. The van der Waals surface area contributed by atoms with Crippen molar-refractivity contribution in [2.45, 2.75) is 34.7 Å². The van der Waals surface area contributed by atoms with Gasteiger partial charge in [-0.1, -0.05) is 30.3 Å². The zero-order chi connectivity index (χ0) is 24.2. The summed E-state index contributed by atoms with van der Waals surface area (Å²) in [6, 6.07) is 9.83. The standard InChI is InChI=1S/C20H17F3N2O6S2/c1-18(11-5-3-4-6-13(11)30-2)10-19(18,17(26)27)25-33(28,29)16-8-7-14(32-16)12-9-15(31-24-12)20(21,22)23/h3-9,25H,10H2,1-2H3,(H,26,27)/t18-,19-/m0/s1. The molecule has 3 aromatic rings. The van der Waals surface area contributed by atoms with Gasteiger partial charge < -0.3 is 14.4 Å². The van der Waals surface area contributed by atoms with Gasteiger partial charge in [0.25, 0.3) is 10.0 Å². The highest BCUT2D eigenvalue weighted by Gasteiger charge is 2.73. The van der Waals surface area contributed by atoms with E-state index < -0.39 is 38.9 Å². The lowest BCUT2D eigenvalue weighted by molar-refractivity contribution is -0.155. The zero-order valence-electron chi connectivity index (χ0n) is 17.1. The van der Waals surface area contributed by atoms with Crippen LogP contribution in [0.3, 0.4) is 0 Å². The minimum absolute atomic E-state index is 0.0224. The molecule has 0 spiro atoms. The molecule has 2 N–H and O–H groups in total. The smallest absolute Gasteiger partial charge is 0.452 e. The predicted octanol–water partition coefficient (Wildman–Crippen LogP) is 3.89. The molecular weight excluding hydrogens is 485 g/mol. The molecule has 2 atom stereocenters. The van der Waals surface area contributed by atoms with Crippen LogP contribution in [-0.4, -0.2) is 37.3 Å². The molecule has 1 aliphatic rings. The fourth-order valence-corrected chi connectivity index (χ4v) is 6.54. The molecule has 1 fully saturated rings. The number of thiophene rings is 1. The second-order valence-corrected chi connectivity index (χ2v) is 10.7. The van der Waals surface area contributed by atoms with Crippen LogP contribution in [0.25, 0.3) is 10.6 Å². The lowest BCUT2D eigenvalue weighted by atomic mass is 9.92. The second-order valence-electron chi connectivity index (χ2n) is 7.72. The molecule has 0 unspecified atom stereocenters. The van der Waals surface area contributed by atoms with Crippen LogP contribution in [-0.2, 0) is 26.4 Å². The summed E-state index contributed by atoms with van der Waals surface area (Å²) >= 11 is 0.643. The Morgan fingerprint density at radius 3 is 2.58 bits per heavy atom. The van der Waals surface area contributed by atoms with Crippen molar-refractivity contribution in [2.75, 3.05) is 7.11 Å². The van der Waals surface area contributed by atoms with E-state index in [0.29, 0.717) is 28.7 Å². The third kappa shape index (κ3) is 3.79. The van der Waals surface area contributed by atoms with Gasteiger partial charge in [0.15, 0.2) is 0 Å². The third-order valence-electron chi connectivity index (χ3n) is 5.70. The number of sulfonamides is 1. The van der Waals surface area contributed by atoms with Gasteiger partial charge in [0.1, 0.15) is 21.2 Å². The Bertz CT molecular complexity index is 1330. The Labute approximate surface area is 190 Å². The number of benzene rings is 1. The average molecular weight is 502 g/mol. The van der Waals surface area contributed by atoms with Crippen LogP contribution in [0.5, 0.6) is 5.75 Å². The van der Waals surface area contributed by atoms with E-state index >= 15 is 0 Å². The molecule has 1 aliphatic carbocycles. The number of nitrogens with one attached hydrogen (secondary N) is 1. The first-order chi connectivity index (χ1) is 15.3. The van der Waals surface area contributed by atoms with Crippen LogP contribution in [0.1, 0.15) is 24.7 Å². The molecule has 0 bridgehead atoms. The van der Waals surface area contributed by atoms with Gasteiger partial charge >= 0.3 is 12.1 Å². The van der Waals surface area contributed by atoms with E-state index in [2.05, 4.69) is 14.4 Å². The number of carbonyl (C=O) groups is 1. The van der Waals surface area contributed by atoms with Crippen LogP contribution < -0.4 is 9.46 Å². The maximum atomic E-state index is 13.1. The first-order valence-corrected chi connectivity index (χ1v) is 11.7. The van der Waals surface area contributed by atoms with Crippen molar-refractivity contribution in [1.82, 2.24) is 9.88 Å². The summed E-state index contributed by atoms with van der Waals surface area (Å²) in [5, 5.41) is 13.3. The fourth-order valence-electron chi connectivity index (χ4n) is 3.82. The highest BCUT2D eigenvalue weighted by Crippen LogP contribution is 2.60. The van der Waals surface area contributed by atoms with E-state index in [1.54, 1.807) is 31.2 Å². The molecule has 8 nitrogen and oxygen atoms in total. The summed E-state index contributed by atoms with van der Waals surface area (Å²) < 4.78 is 76.0. The molecule has 0 radical (unpaired) electrons. The summed E-state index contributed by atoms with van der Waals surface area (Å²) in [4.78, 5) is 12.3. The van der Waals surface area contributed by atoms with E-state index in [1.807, 2.05) is 0 Å². The van der Waals surface area contributed by atoms with Crippen molar-refractivity contribution < 1.29 is 40.8 Å². The first kappa shape index (κ1) is 23.3. The Hall–Kier alpha value is -2.90. The molecule has 1 aromatic carbocycles. The topological polar surface area (TPSA) is 119 Å². The summed E-state index contributed by atoms with van der Waals surface area (Å²) in [5.41, 5.74) is -2.58. The minimum atomic E-state index is -4.73. The number of ether oxygens (including phenoxy) is 1. The average Bonchev–Trinajstić information content (AvgIpc) is 3.18. The maximum absolute atomic E-state index is 13.1. The van der Waals surface area contributed by atoms with Gasteiger partial charge in [-0.2, -0.15) is 17.9 Å². The normalized spacial score (nSPS) is 22.8. The van der Waals surface area contributed by atoms with E-state index in [-0.39, 0.29) is 21.2 Å². The number of alkyl halides is 3. The number of para-hydroxylation sites is 1. The van der Waals surface area contributed by atoms with Gasteiger partial charge in [-0.3, -0.25) is 4.79 Å². The van der Waals surface area contributed by atoms with Crippen LogP contribution in [0, 0.1) is 0 Å². The van der Waals surface area contributed by atoms with Gasteiger partial charge in [0, 0.05) is 17.0 Å². The van der Waals surface area contributed by atoms with Crippen molar-refractivity contribution in [3.05, 3.63) is 53.8 Å². The molecule has 33 heavy (non-hydrogen) atoms. The van der Waals surface area contributed by atoms with Crippen molar-refractivity contribution in [3.63, 3.8) is 0 Å². The number of hydrogen-bond donors (Lipinski definition) is 2. The van der Waals surface area contributed by atoms with Gasteiger partial charge in [-0.25, -0.2) is 8.42 Å². The second kappa shape index (κ2) is 7.57. The van der Waals surface area contributed by atoms with Crippen molar-refractivity contribution in [2.24, 2.45) is 0 Å². The number of aromatic nitrogens is 1. The summed E-state index contributed by atoms with van der Waals surface area (Å²) in [7, 11) is -2.91. The molecule has 2 heterocycles. The highest BCUT2D eigenvalue weighted by atomic mass is 32.2. The first-order valence-electron chi connectivity index (χ1n) is 9.39. The monoisotopic (exact) mass is 502 g/mol. The molecule has 2 aromatic heterocycles. The van der Waals surface area contributed by atoms with E-state index in [4.69, 9.17) is 4.74 Å². The van der Waals surface area contributed by atoms with Crippen molar-refractivity contribution >= 4 is 27.3 Å².